The third kappa shape index (κ3) is 2.82. The van der Waals surface area contributed by atoms with Crippen molar-refractivity contribution in [1.29, 1.82) is 0 Å². The maximum atomic E-state index is 5.85. The van der Waals surface area contributed by atoms with Crippen molar-refractivity contribution in [3.05, 3.63) is 6.20 Å². The Morgan fingerprint density at radius 2 is 2.45 bits per heavy atom. The second kappa shape index (κ2) is 6.04. The lowest BCUT2D eigenvalue weighted by Crippen LogP contribution is -2.13. The van der Waals surface area contributed by atoms with Crippen LogP contribution >= 0.6 is 0 Å². The molecule has 20 heavy (non-hydrogen) atoms. The highest BCUT2D eigenvalue weighted by Crippen LogP contribution is 2.23. The fourth-order valence-electron chi connectivity index (χ4n) is 2.15. The molecule has 7 nitrogen and oxygen atoms in total. The molecule has 2 aromatic heterocycles. The number of ether oxygens (including phenoxy) is 2. The molecule has 0 aliphatic carbocycles. The van der Waals surface area contributed by atoms with E-state index in [2.05, 4.69) is 32.4 Å². The molecule has 0 bridgehead atoms. The lowest BCUT2D eigenvalue weighted by molar-refractivity contribution is 0.166. The number of H-pyrrole nitrogens is 1. The molecule has 2 N–H and O–H groups in total. The molecule has 1 fully saturated rings. The summed E-state index contributed by atoms with van der Waals surface area (Å²) in [4.78, 5) is 8.79. The van der Waals surface area contributed by atoms with Gasteiger partial charge in [0, 0.05) is 19.1 Å². The molecule has 0 aromatic carbocycles. The number of nitrogens with one attached hydrogen (secondary N) is 2. The highest BCUT2D eigenvalue weighted by Gasteiger charge is 2.18. The first-order chi connectivity index (χ1) is 9.86. The van der Waals surface area contributed by atoms with Crippen LogP contribution in [0.1, 0.15) is 19.8 Å². The monoisotopic (exact) mass is 277 g/mol. The first-order valence-corrected chi connectivity index (χ1v) is 7.02. The summed E-state index contributed by atoms with van der Waals surface area (Å²) in [5.74, 6) is 1.59. The molecule has 0 spiro atoms. The number of nitrogens with zero attached hydrogens (tertiary/aromatic N) is 3. The average Bonchev–Trinajstić information content (AvgIpc) is 3.13. The third-order valence-corrected chi connectivity index (χ3v) is 3.29. The summed E-state index contributed by atoms with van der Waals surface area (Å²) in [6.45, 7) is 5.13. The third-order valence-electron chi connectivity index (χ3n) is 3.29. The standard InChI is InChI=1S/C13H19N5O2/c1-2-4-14-13-16-11-10(6-15-18-11)12(17-13)20-8-9-3-5-19-7-9/h6,9H,2-5,7-8H2,1H3,(H2,14,15,16,17,18). The zero-order valence-corrected chi connectivity index (χ0v) is 11.6. The minimum Gasteiger partial charge on any atom is -0.477 e. The van der Waals surface area contributed by atoms with Crippen LogP contribution in [-0.2, 0) is 4.74 Å². The van der Waals surface area contributed by atoms with E-state index in [1.807, 2.05) is 0 Å². The van der Waals surface area contributed by atoms with Crippen LogP contribution in [0.3, 0.4) is 0 Å². The fraction of sp³-hybridized carbons (Fsp3) is 0.615. The van der Waals surface area contributed by atoms with Gasteiger partial charge in [0.1, 0.15) is 5.39 Å². The van der Waals surface area contributed by atoms with Gasteiger partial charge >= 0.3 is 0 Å². The second-order valence-electron chi connectivity index (χ2n) is 4.95. The molecule has 2 aromatic rings. The molecule has 1 aliphatic rings. The number of rotatable bonds is 6. The predicted octanol–water partition coefficient (Wildman–Crippen LogP) is 1.59. The van der Waals surface area contributed by atoms with Crippen molar-refractivity contribution >= 4 is 17.0 Å². The summed E-state index contributed by atoms with van der Waals surface area (Å²) in [5, 5.41) is 10.8. The van der Waals surface area contributed by atoms with Crippen LogP contribution in [0.5, 0.6) is 5.88 Å². The molecule has 3 heterocycles. The van der Waals surface area contributed by atoms with Gasteiger partial charge in [0.15, 0.2) is 5.65 Å². The van der Waals surface area contributed by atoms with Gasteiger partial charge in [0.05, 0.1) is 19.4 Å². The molecule has 0 radical (unpaired) electrons. The molecule has 1 saturated heterocycles. The van der Waals surface area contributed by atoms with E-state index in [1.165, 1.54) is 0 Å². The van der Waals surface area contributed by atoms with Gasteiger partial charge in [-0.2, -0.15) is 15.1 Å². The number of hydrogen-bond acceptors (Lipinski definition) is 6. The highest BCUT2D eigenvalue weighted by molar-refractivity contribution is 5.80. The van der Waals surface area contributed by atoms with Crippen LogP contribution in [0.4, 0.5) is 5.95 Å². The quantitative estimate of drug-likeness (QED) is 0.834. The normalized spacial score (nSPS) is 18.6. The Balaban J connectivity index is 1.77. The van der Waals surface area contributed by atoms with Crippen LogP contribution in [0.25, 0.3) is 11.0 Å². The van der Waals surface area contributed by atoms with E-state index in [4.69, 9.17) is 9.47 Å². The van der Waals surface area contributed by atoms with Gasteiger partial charge in [-0.05, 0) is 12.8 Å². The number of hydrogen-bond donors (Lipinski definition) is 2. The molecular formula is C13H19N5O2. The lowest BCUT2D eigenvalue weighted by atomic mass is 10.1. The maximum absolute atomic E-state index is 5.85. The van der Waals surface area contributed by atoms with Crippen molar-refractivity contribution in [3.8, 4) is 5.88 Å². The summed E-state index contributed by atoms with van der Waals surface area (Å²) in [6, 6.07) is 0. The van der Waals surface area contributed by atoms with Crippen LogP contribution < -0.4 is 10.1 Å². The smallest absolute Gasteiger partial charge is 0.229 e. The zero-order chi connectivity index (χ0) is 13.8. The van der Waals surface area contributed by atoms with Crippen molar-refractivity contribution in [2.24, 2.45) is 5.92 Å². The molecule has 1 unspecified atom stereocenters. The van der Waals surface area contributed by atoms with E-state index < -0.39 is 0 Å². The molecular weight excluding hydrogens is 258 g/mol. The van der Waals surface area contributed by atoms with Crippen LogP contribution in [0, 0.1) is 5.92 Å². The molecule has 3 rings (SSSR count). The van der Waals surface area contributed by atoms with Gasteiger partial charge in [0.25, 0.3) is 0 Å². The van der Waals surface area contributed by atoms with Gasteiger partial charge < -0.3 is 14.8 Å². The number of aromatic nitrogens is 4. The molecule has 108 valence electrons. The van der Waals surface area contributed by atoms with E-state index in [0.717, 1.165) is 38.0 Å². The van der Waals surface area contributed by atoms with E-state index >= 15 is 0 Å². The van der Waals surface area contributed by atoms with Gasteiger partial charge in [0.2, 0.25) is 11.8 Å². The Morgan fingerprint density at radius 1 is 1.50 bits per heavy atom. The largest absolute Gasteiger partial charge is 0.477 e. The SMILES string of the molecule is CCCNc1nc(OCC2CCOC2)c2cn[nH]c2n1. The summed E-state index contributed by atoms with van der Waals surface area (Å²) < 4.78 is 11.2. The second-order valence-corrected chi connectivity index (χ2v) is 4.95. The van der Waals surface area contributed by atoms with E-state index in [-0.39, 0.29) is 0 Å². The van der Waals surface area contributed by atoms with Crippen LogP contribution in [0.2, 0.25) is 0 Å². The van der Waals surface area contributed by atoms with Crippen molar-refractivity contribution in [1.82, 2.24) is 20.2 Å². The first kappa shape index (κ1) is 13.1. The highest BCUT2D eigenvalue weighted by atomic mass is 16.5. The topological polar surface area (TPSA) is 85.0 Å². The Kier molecular flexibility index (Phi) is 3.96. The number of anilines is 1. The Bertz CT molecular complexity index is 565. The molecule has 0 amide bonds. The lowest BCUT2D eigenvalue weighted by Gasteiger charge is -2.11. The maximum Gasteiger partial charge on any atom is 0.229 e. The first-order valence-electron chi connectivity index (χ1n) is 7.02. The van der Waals surface area contributed by atoms with Gasteiger partial charge in [-0.1, -0.05) is 6.92 Å². The summed E-state index contributed by atoms with van der Waals surface area (Å²) in [5.41, 5.74) is 0.691. The molecule has 1 aliphatic heterocycles. The molecule has 0 saturated carbocycles. The molecule has 1 atom stereocenters. The van der Waals surface area contributed by atoms with E-state index in [9.17, 15) is 0 Å². The van der Waals surface area contributed by atoms with E-state index in [0.29, 0.717) is 30.0 Å². The van der Waals surface area contributed by atoms with Crippen molar-refractivity contribution < 1.29 is 9.47 Å². The Labute approximate surface area is 117 Å². The van der Waals surface area contributed by atoms with Crippen molar-refractivity contribution in [3.63, 3.8) is 0 Å². The number of fused-ring (bicyclic) bond motifs is 1. The predicted molar refractivity (Wildman–Crippen MR) is 74.9 cm³/mol. The zero-order valence-electron chi connectivity index (χ0n) is 11.6. The minimum absolute atomic E-state index is 0.443. The summed E-state index contributed by atoms with van der Waals surface area (Å²) in [7, 11) is 0. The Morgan fingerprint density at radius 3 is 3.25 bits per heavy atom. The van der Waals surface area contributed by atoms with Gasteiger partial charge in [-0.15, -0.1) is 0 Å². The fourth-order valence-corrected chi connectivity index (χ4v) is 2.15. The Hall–Kier alpha value is -1.89. The van der Waals surface area contributed by atoms with Crippen molar-refractivity contribution in [2.45, 2.75) is 19.8 Å². The average molecular weight is 277 g/mol. The summed E-state index contributed by atoms with van der Waals surface area (Å²) >= 11 is 0. The van der Waals surface area contributed by atoms with E-state index in [1.54, 1.807) is 6.20 Å². The van der Waals surface area contributed by atoms with Crippen molar-refractivity contribution in [2.75, 3.05) is 31.7 Å². The number of aromatic amines is 1. The molecule has 7 heteroatoms. The van der Waals surface area contributed by atoms with Crippen LogP contribution in [0.15, 0.2) is 6.20 Å². The minimum atomic E-state index is 0.443. The summed E-state index contributed by atoms with van der Waals surface area (Å²) in [6.07, 6.45) is 3.75. The van der Waals surface area contributed by atoms with Gasteiger partial charge in [-0.3, -0.25) is 5.10 Å². The van der Waals surface area contributed by atoms with Gasteiger partial charge in [-0.25, -0.2) is 0 Å². The van der Waals surface area contributed by atoms with Crippen LogP contribution in [-0.4, -0.2) is 46.5 Å².